The van der Waals surface area contributed by atoms with E-state index < -0.39 is 8.03 Å². The van der Waals surface area contributed by atoms with Crippen LogP contribution in [0.2, 0.25) is 0 Å². The number of hydrogen-bond donors (Lipinski definition) is 1. The maximum Gasteiger partial charge on any atom is 0.546 e. The zero-order chi connectivity index (χ0) is 18.0. The molecule has 4 heteroatoms. The lowest BCUT2D eigenvalue weighted by atomic mass is 9.88. The molecular formula is C20H24O3P+. The van der Waals surface area contributed by atoms with E-state index in [0.717, 1.165) is 34.2 Å². The molecule has 0 amide bonds. The summed E-state index contributed by atoms with van der Waals surface area (Å²) < 4.78 is 11.8. The molecule has 0 spiro atoms. The first-order chi connectivity index (χ1) is 11.3. The van der Waals surface area contributed by atoms with Crippen LogP contribution in [0.4, 0.5) is 0 Å². The van der Waals surface area contributed by atoms with Crippen LogP contribution in [-0.4, -0.2) is 10.7 Å². The van der Waals surface area contributed by atoms with Crippen LogP contribution in [-0.2, 0) is 17.4 Å². The topological polar surface area (TPSA) is 54.4 Å². The Kier molecular flexibility index (Phi) is 5.69. The summed E-state index contributed by atoms with van der Waals surface area (Å²) in [7, 11) is -2.57. The fraction of sp³-hybridized carbons (Fsp3) is 0.350. The van der Waals surface area contributed by atoms with E-state index in [1.807, 2.05) is 52.8 Å². The van der Waals surface area contributed by atoms with Gasteiger partial charge in [-0.25, -0.2) is 0 Å². The van der Waals surface area contributed by atoms with Gasteiger partial charge >= 0.3 is 8.03 Å². The molecule has 2 aromatic carbocycles. The smallest absolute Gasteiger partial charge is 0.288 e. The molecule has 2 rings (SSSR count). The van der Waals surface area contributed by atoms with Crippen molar-refractivity contribution in [3.05, 3.63) is 63.2 Å². The average Bonchev–Trinajstić information content (AvgIpc) is 2.51. The zero-order valence-electron chi connectivity index (χ0n) is 14.9. The van der Waals surface area contributed by atoms with E-state index in [4.69, 9.17) is 0 Å². The first-order valence-corrected chi connectivity index (χ1v) is 9.46. The SMILES string of the molecule is CCc1ccc([P+](=O)O)c(C(=O)c2c(C)cc(C)cc2C)c1CC. The second-order valence-corrected chi connectivity index (χ2v) is 7.21. The summed E-state index contributed by atoms with van der Waals surface area (Å²) in [6, 6.07) is 7.45. The van der Waals surface area contributed by atoms with Crippen molar-refractivity contribution in [1.29, 1.82) is 0 Å². The van der Waals surface area contributed by atoms with Crippen molar-refractivity contribution in [3.8, 4) is 0 Å². The monoisotopic (exact) mass is 343 g/mol. The Morgan fingerprint density at radius 1 is 1.00 bits per heavy atom. The molecular weight excluding hydrogens is 319 g/mol. The highest BCUT2D eigenvalue weighted by Gasteiger charge is 2.31. The first kappa shape index (κ1) is 18.5. The van der Waals surface area contributed by atoms with Gasteiger partial charge in [0.1, 0.15) is 0 Å². The summed E-state index contributed by atoms with van der Waals surface area (Å²) in [5, 5.41) is 0.239. The molecule has 24 heavy (non-hydrogen) atoms. The van der Waals surface area contributed by atoms with Crippen LogP contribution in [0.15, 0.2) is 24.3 Å². The molecule has 2 aromatic rings. The largest absolute Gasteiger partial charge is 0.546 e. The van der Waals surface area contributed by atoms with Crippen molar-refractivity contribution >= 4 is 19.1 Å². The highest BCUT2D eigenvalue weighted by atomic mass is 31.1. The zero-order valence-corrected chi connectivity index (χ0v) is 15.8. The predicted molar refractivity (Wildman–Crippen MR) is 98.7 cm³/mol. The molecule has 0 radical (unpaired) electrons. The van der Waals surface area contributed by atoms with Gasteiger partial charge in [-0.2, -0.15) is 4.89 Å². The number of benzene rings is 2. The Bertz CT molecular complexity index is 799. The van der Waals surface area contributed by atoms with E-state index in [2.05, 4.69) is 0 Å². The Labute approximate surface area is 144 Å². The summed E-state index contributed by atoms with van der Waals surface area (Å²) in [4.78, 5) is 23.1. The van der Waals surface area contributed by atoms with Gasteiger partial charge in [-0.15, -0.1) is 0 Å². The number of carbonyl (C=O) groups is 1. The summed E-state index contributed by atoms with van der Waals surface area (Å²) in [5.74, 6) is -0.149. The molecule has 0 bridgehead atoms. The number of rotatable bonds is 5. The highest BCUT2D eigenvalue weighted by Crippen LogP contribution is 2.28. The van der Waals surface area contributed by atoms with Crippen molar-refractivity contribution in [2.45, 2.75) is 47.5 Å². The van der Waals surface area contributed by atoms with Crippen LogP contribution >= 0.6 is 8.03 Å². The van der Waals surface area contributed by atoms with Crippen molar-refractivity contribution in [1.82, 2.24) is 0 Å². The van der Waals surface area contributed by atoms with Gasteiger partial charge in [0.05, 0.1) is 5.56 Å². The van der Waals surface area contributed by atoms with Gasteiger partial charge < -0.3 is 0 Å². The lowest BCUT2D eigenvalue weighted by molar-refractivity contribution is 0.103. The van der Waals surface area contributed by atoms with E-state index in [0.29, 0.717) is 17.5 Å². The van der Waals surface area contributed by atoms with Crippen molar-refractivity contribution < 1.29 is 14.3 Å². The van der Waals surface area contributed by atoms with E-state index in [9.17, 15) is 14.3 Å². The average molecular weight is 343 g/mol. The van der Waals surface area contributed by atoms with E-state index in [1.165, 1.54) is 0 Å². The lowest BCUT2D eigenvalue weighted by Crippen LogP contribution is -2.20. The molecule has 0 saturated heterocycles. The molecule has 0 heterocycles. The van der Waals surface area contributed by atoms with Crippen LogP contribution in [0.5, 0.6) is 0 Å². The predicted octanol–water partition coefficient (Wildman–Crippen LogP) is 4.33. The third-order valence-electron chi connectivity index (χ3n) is 4.46. The molecule has 0 saturated carbocycles. The molecule has 0 aliphatic carbocycles. The molecule has 0 aliphatic heterocycles. The Morgan fingerprint density at radius 3 is 2.04 bits per heavy atom. The van der Waals surface area contributed by atoms with Gasteiger partial charge in [-0.1, -0.05) is 37.6 Å². The Morgan fingerprint density at radius 2 is 1.58 bits per heavy atom. The van der Waals surface area contributed by atoms with Gasteiger partial charge in [0.2, 0.25) is 5.30 Å². The fourth-order valence-corrected chi connectivity index (χ4v) is 4.12. The fourth-order valence-electron chi connectivity index (χ4n) is 3.49. The molecule has 1 atom stereocenters. The minimum Gasteiger partial charge on any atom is -0.288 e. The summed E-state index contributed by atoms with van der Waals surface area (Å²) in [6.45, 7) is 9.85. The lowest BCUT2D eigenvalue weighted by Gasteiger charge is -2.15. The summed E-state index contributed by atoms with van der Waals surface area (Å²) in [5.41, 5.74) is 5.91. The quantitative estimate of drug-likeness (QED) is 0.649. The molecule has 0 fully saturated rings. The number of ketones is 1. The molecule has 3 nitrogen and oxygen atoms in total. The Balaban J connectivity index is 2.80. The van der Waals surface area contributed by atoms with E-state index in [1.54, 1.807) is 6.07 Å². The number of carbonyl (C=O) groups excluding carboxylic acids is 1. The summed E-state index contributed by atoms with van der Waals surface area (Å²) in [6.07, 6.45) is 1.45. The van der Waals surface area contributed by atoms with Crippen LogP contribution < -0.4 is 5.30 Å². The van der Waals surface area contributed by atoms with Crippen LogP contribution in [0.3, 0.4) is 0 Å². The van der Waals surface area contributed by atoms with Crippen LogP contribution in [0.25, 0.3) is 0 Å². The van der Waals surface area contributed by atoms with Gasteiger partial charge in [-0.05, 0) is 66.5 Å². The molecule has 1 unspecified atom stereocenters. The third kappa shape index (κ3) is 3.33. The molecule has 0 aliphatic rings. The number of hydrogen-bond acceptors (Lipinski definition) is 2. The standard InChI is InChI=1S/C20H23O3P/c1-6-15-8-9-17(24(22)23)19(16(15)7-2)20(21)18-13(4)10-12(3)11-14(18)5/h8-11H,6-7H2,1-5H3/p+1. The normalized spacial score (nSPS) is 11.5. The highest BCUT2D eigenvalue weighted by molar-refractivity contribution is 7.47. The minimum atomic E-state index is -2.57. The van der Waals surface area contributed by atoms with E-state index in [-0.39, 0.29) is 11.1 Å². The number of aryl methyl sites for hydroxylation is 4. The Hall–Kier alpha value is -1.83. The van der Waals surface area contributed by atoms with E-state index >= 15 is 0 Å². The molecule has 126 valence electrons. The van der Waals surface area contributed by atoms with Gasteiger partial charge in [0, 0.05) is 5.56 Å². The van der Waals surface area contributed by atoms with Gasteiger partial charge in [0.15, 0.2) is 5.78 Å². The summed E-state index contributed by atoms with van der Waals surface area (Å²) >= 11 is 0. The van der Waals surface area contributed by atoms with Gasteiger partial charge in [0.25, 0.3) is 0 Å². The van der Waals surface area contributed by atoms with Crippen molar-refractivity contribution in [3.63, 3.8) is 0 Å². The van der Waals surface area contributed by atoms with Crippen LogP contribution in [0.1, 0.15) is 57.6 Å². The first-order valence-electron chi connectivity index (χ1n) is 8.25. The van der Waals surface area contributed by atoms with Crippen LogP contribution in [0, 0.1) is 20.8 Å². The van der Waals surface area contributed by atoms with Crippen molar-refractivity contribution in [2.24, 2.45) is 0 Å². The maximum atomic E-state index is 13.3. The van der Waals surface area contributed by atoms with Crippen molar-refractivity contribution in [2.75, 3.05) is 0 Å². The van der Waals surface area contributed by atoms with Gasteiger partial charge in [-0.3, -0.25) is 4.79 Å². The minimum absolute atomic E-state index is 0.149. The second-order valence-electron chi connectivity index (χ2n) is 6.18. The second kappa shape index (κ2) is 7.38. The molecule has 0 aromatic heterocycles. The molecule has 1 N–H and O–H groups in total. The maximum absolute atomic E-state index is 13.3. The third-order valence-corrected chi connectivity index (χ3v) is 5.24.